The molecule has 1 aromatic heterocycles. The van der Waals surface area contributed by atoms with Crippen LogP contribution < -0.4 is 0 Å². The second-order valence-electron chi connectivity index (χ2n) is 6.26. The van der Waals surface area contributed by atoms with Crippen LogP contribution in [0.4, 0.5) is 0 Å². The van der Waals surface area contributed by atoms with Crippen LogP contribution in [0.3, 0.4) is 0 Å². The monoisotopic (exact) mass is 301 g/mol. The van der Waals surface area contributed by atoms with Gasteiger partial charge in [0.05, 0.1) is 11.0 Å². The molecule has 5 heteroatoms. The first-order valence-electron chi connectivity index (χ1n) is 7.97. The Morgan fingerprint density at radius 1 is 1.41 bits per heavy atom. The largest absolute Gasteiger partial charge is 0.387 e. The average molecular weight is 301 g/mol. The van der Waals surface area contributed by atoms with E-state index in [2.05, 4.69) is 24.5 Å². The number of hydrogen-bond donors (Lipinski definition) is 1. The van der Waals surface area contributed by atoms with E-state index in [1.54, 1.807) is 4.90 Å². The molecule has 1 N–H and O–H groups in total. The summed E-state index contributed by atoms with van der Waals surface area (Å²) in [7, 11) is 0. The van der Waals surface area contributed by atoms with Crippen LogP contribution in [-0.2, 0) is 4.79 Å². The Labute approximate surface area is 130 Å². The molecule has 0 radical (unpaired) electrons. The number of likely N-dealkylation sites (tertiary alicyclic amines) is 1. The molecular formula is C17H23N3O2. The normalized spacial score (nSPS) is 19.1. The van der Waals surface area contributed by atoms with E-state index in [1.807, 2.05) is 18.2 Å². The molecule has 22 heavy (non-hydrogen) atoms. The maximum atomic E-state index is 11.8. The van der Waals surface area contributed by atoms with Crippen molar-refractivity contribution < 1.29 is 9.90 Å². The number of imidazole rings is 1. The quantitative estimate of drug-likeness (QED) is 0.946. The van der Waals surface area contributed by atoms with Gasteiger partial charge >= 0.3 is 0 Å². The summed E-state index contributed by atoms with van der Waals surface area (Å²) in [6.07, 6.45) is 1.99. The van der Waals surface area contributed by atoms with Gasteiger partial charge in [-0.15, -0.1) is 0 Å². The highest BCUT2D eigenvalue weighted by molar-refractivity contribution is 5.78. The second kappa shape index (κ2) is 6.08. The lowest BCUT2D eigenvalue weighted by Gasteiger charge is -2.32. The zero-order chi connectivity index (χ0) is 15.7. The smallest absolute Gasteiger partial charge is 0.248 e. The number of nitrogens with zero attached hydrogens (tertiary/aromatic N) is 3. The molecule has 5 nitrogen and oxygen atoms in total. The van der Waals surface area contributed by atoms with Crippen molar-refractivity contribution in [1.29, 1.82) is 0 Å². The van der Waals surface area contributed by atoms with Gasteiger partial charge in [-0.1, -0.05) is 12.1 Å². The summed E-state index contributed by atoms with van der Waals surface area (Å²) in [5, 5.41) is 9.09. The van der Waals surface area contributed by atoms with Gasteiger partial charge in [0.2, 0.25) is 5.91 Å². The molecule has 1 saturated heterocycles. The van der Waals surface area contributed by atoms with E-state index >= 15 is 0 Å². The lowest BCUT2D eigenvalue weighted by Crippen LogP contribution is -2.41. The minimum absolute atomic E-state index is 0.183. The second-order valence-corrected chi connectivity index (χ2v) is 6.26. The van der Waals surface area contributed by atoms with E-state index in [0.717, 1.165) is 36.2 Å². The summed E-state index contributed by atoms with van der Waals surface area (Å²) in [6, 6.07) is 8.51. The summed E-state index contributed by atoms with van der Waals surface area (Å²) in [4.78, 5) is 18.4. The first kappa shape index (κ1) is 15.0. The predicted molar refractivity (Wildman–Crippen MR) is 85.8 cm³/mol. The van der Waals surface area contributed by atoms with Crippen molar-refractivity contribution >= 4 is 16.9 Å². The summed E-state index contributed by atoms with van der Waals surface area (Å²) < 4.78 is 2.28. The van der Waals surface area contributed by atoms with Gasteiger partial charge in [-0.05, 0) is 38.8 Å². The van der Waals surface area contributed by atoms with Crippen molar-refractivity contribution in [1.82, 2.24) is 14.5 Å². The van der Waals surface area contributed by atoms with Crippen LogP contribution in [0.15, 0.2) is 24.3 Å². The van der Waals surface area contributed by atoms with E-state index in [9.17, 15) is 4.79 Å². The maximum absolute atomic E-state index is 11.8. The fraction of sp³-hybridized carbons (Fsp3) is 0.529. The fourth-order valence-corrected chi connectivity index (χ4v) is 3.41. The zero-order valence-electron chi connectivity index (χ0n) is 13.2. The highest BCUT2D eigenvalue weighted by Crippen LogP contribution is 2.31. The first-order valence-corrected chi connectivity index (χ1v) is 7.97. The minimum atomic E-state index is -0.409. The van der Waals surface area contributed by atoms with Crippen LogP contribution in [0.1, 0.15) is 44.5 Å². The first-order chi connectivity index (χ1) is 10.6. The van der Waals surface area contributed by atoms with E-state index in [1.165, 1.54) is 0 Å². The Kier molecular flexibility index (Phi) is 4.16. The number of hydrogen-bond acceptors (Lipinski definition) is 3. The average Bonchev–Trinajstić information content (AvgIpc) is 2.94. The Morgan fingerprint density at radius 2 is 2.18 bits per heavy atom. The molecule has 0 saturated carbocycles. The minimum Gasteiger partial charge on any atom is -0.387 e. The van der Waals surface area contributed by atoms with Crippen molar-refractivity contribution in [2.75, 3.05) is 19.7 Å². The van der Waals surface area contributed by atoms with Crippen molar-refractivity contribution in [2.45, 2.75) is 38.6 Å². The molecular weight excluding hydrogens is 278 g/mol. The van der Waals surface area contributed by atoms with Gasteiger partial charge in [0.25, 0.3) is 0 Å². The van der Waals surface area contributed by atoms with Gasteiger partial charge in [0.1, 0.15) is 12.4 Å². The predicted octanol–water partition coefficient (Wildman–Crippen LogP) is 2.32. The standard InChI is InChI=1S/C17H23N3O2/c1-12(2)20-15-8-4-3-7-14(15)18-17(20)13-6-5-9-19(10-13)16(22)11-21/h3-4,7-8,12-13,21H,5-6,9-11H2,1-2H3. The number of amides is 1. The summed E-state index contributed by atoms with van der Waals surface area (Å²) in [5.74, 6) is 1.11. The van der Waals surface area contributed by atoms with E-state index in [0.29, 0.717) is 12.6 Å². The molecule has 118 valence electrons. The van der Waals surface area contributed by atoms with Crippen LogP contribution >= 0.6 is 0 Å². The molecule has 1 aliphatic rings. The maximum Gasteiger partial charge on any atom is 0.248 e. The topological polar surface area (TPSA) is 58.4 Å². The Morgan fingerprint density at radius 3 is 2.91 bits per heavy atom. The van der Waals surface area contributed by atoms with Crippen LogP contribution in [0, 0.1) is 0 Å². The molecule has 1 aliphatic heterocycles. The molecule has 1 atom stereocenters. The molecule has 1 amide bonds. The molecule has 1 fully saturated rings. The van der Waals surface area contributed by atoms with Crippen molar-refractivity contribution in [3.05, 3.63) is 30.1 Å². The van der Waals surface area contributed by atoms with Crippen LogP contribution in [0.5, 0.6) is 0 Å². The van der Waals surface area contributed by atoms with E-state index in [4.69, 9.17) is 10.1 Å². The van der Waals surface area contributed by atoms with Crippen molar-refractivity contribution in [2.24, 2.45) is 0 Å². The van der Waals surface area contributed by atoms with E-state index in [-0.39, 0.29) is 11.8 Å². The number of carbonyl (C=O) groups is 1. The van der Waals surface area contributed by atoms with Gasteiger partial charge in [0.15, 0.2) is 0 Å². The van der Waals surface area contributed by atoms with Gasteiger partial charge < -0.3 is 14.6 Å². The Hall–Kier alpha value is -1.88. The highest BCUT2D eigenvalue weighted by atomic mass is 16.3. The van der Waals surface area contributed by atoms with Crippen LogP contribution in [0.2, 0.25) is 0 Å². The molecule has 2 aromatic rings. The number of rotatable bonds is 3. The van der Waals surface area contributed by atoms with Crippen LogP contribution in [0.25, 0.3) is 11.0 Å². The van der Waals surface area contributed by atoms with Crippen molar-refractivity contribution in [3.8, 4) is 0 Å². The third-order valence-corrected chi connectivity index (χ3v) is 4.41. The fourth-order valence-electron chi connectivity index (χ4n) is 3.41. The lowest BCUT2D eigenvalue weighted by molar-refractivity contribution is -0.135. The molecule has 2 heterocycles. The number of fused-ring (bicyclic) bond motifs is 1. The molecule has 0 bridgehead atoms. The lowest BCUT2D eigenvalue weighted by atomic mass is 9.96. The molecule has 0 spiro atoms. The number of aromatic nitrogens is 2. The molecule has 1 aromatic carbocycles. The van der Waals surface area contributed by atoms with Gasteiger partial charge in [0, 0.05) is 25.0 Å². The summed E-state index contributed by atoms with van der Waals surface area (Å²) in [5.41, 5.74) is 2.16. The SMILES string of the molecule is CC(C)n1c(C2CCCN(C(=O)CO)C2)nc2ccccc21. The summed E-state index contributed by atoms with van der Waals surface area (Å²) in [6.45, 7) is 5.30. The third kappa shape index (κ3) is 2.61. The molecule has 0 aliphatic carbocycles. The van der Waals surface area contributed by atoms with Gasteiger partial charge in [-0.3, -0.25) is 4.79 Å². The van der Waals surface area contributed by atoms with Gasteiger partial charge in [-0.25, -0.2) is 4.98 Å². The number of aliphatic hydroxyl groups excluding tert-OH is 1. The molecule has 1 unspecified atom stereocenters. The number of aliphatic hydroxyl groups is 1. The number of carbonyl (C=O) groups excluding carboxylic acids is 1. The number of piperidine rings is 1. The highest BCUT2D eigenvalue weighted by Gasteiger charge is 2.28. The summed E-state index contributed by atoms with van der Waals surface area (Å²) >= 11 is 0. The Balaban J connectivity index is 1.98. The zero-order valence-corrected chi connectivity index (χ0v) is 13.2. The number of benzene rings is 1. The Bertz CT molecular complexity index is 678. The van der Waals surface area contributed by atoms with Crippen molar-refractivity contribution in [3.63, 3.8) is 0 Å². The van der Waals surface area contributed by atoms with Gasteiger partial charge in [-0.2, -0.15) is 0 Å². The number of para-hydroxylation sites is 2. The molecule has 3 rings (SSSR count). The third-order valence-electron chi connectivity index (χ3n) is 4.41. The van der Waals surface area contributed by atoms with Crippen LogP contribution in [-0.4, -0.2) is 45.2 Å². The van der Waals surface area contributed by atoms with E-state index < -0.39 is 6.61 Å².